The highest BCUT2D eigenvalue weighted by atomic mass is 15.1. The Balaban J connectivity index is 1.24. The predicted octanol–water partition coefficient (Wildman–Crippen LogP) is 14.5. The number of hydrogen-bond acceptors (Lipinski definition) is 1. The molecule has 0 unspecified atom stereocenters. The predicted molar refractivity (Wildman–Crippen MR) is 235 cm³/mol. The summed E-state index contributed by atoms with van der Waals surface area (Å²) in [6.45, 7) is 0. The molecule has 0 radical (unpaired) electrons. The van der Waals surface area contributed by atoms with Gasteiger partial charge in [-0.2, -0.15) is 0 Å². The molecule has 0 bridgehead atoms. The number of benzene rings is 9. The van der Waals surface area contributed by atoms with Crippen molar-refractivity contribution in [3.05, 3.63) is 259 Å². The van der Waals surface area contributed by atoms with E-state index < -0.39 is 5.41 Å². The monoisotopic (exact) mass is 713 g/mol. The molecule has 9 aromatic rings. The van der Waals surface area contributed by atoms with Crippen molar-refractivity contribution in [2.75, 3.05) is 4.90 Å². The highest BCUT2D eigenvalue weighted by Gasteiger charge is 2.46. The molecule has 0 atom stereocenters. The number of anilines is 3. The van der Waals surface area contributed by atoms with Gasteiger partial charge in [0, 0.05) is 17.1 Å². The zero-order valence-corrected chi connectivity index (χ0v) is 31.0. The summed E-state index contributed by atoms with van der Waals surface area (Å²) in [5, 5.41) is 0. The van der Waals surface area contributed by atoms with Gasteiger partial charge in [0.05, 0.1) is 5.41 Å². The van der Waals surface area contributed by atoms with Gasteiger partial charge in [-0.15, -0.1) is 0 Å². The normalized spacial score (nSPS) is 12.4. The Labute approximate surface area is 329 Å². The summed E-state index contributed by atoms with van der Waals surface area (Å²) in [5.41, 5.74) is 17.7. The quantitative estimate of drug-likeness (QED) is 0.152. The molecule has 1 aliphatic carbocycles. The molecule has 0 N–H and O–H groups in total. The Morgan fingerprint density at radius 3 is 1.20 bits per heavy atom. The van der Waals surface area contributed by atoms with Gasteiger partial charge < -0.3 is 4.90 Å². The number of rotatable bonds is 8. The van der Waals surface area contributed by atoms with E-state index in [2.05, 4.69) is 241 Å². The van der Waals surface area contributed by atoms with Gasteiger partial charge in [0.15, 0.2) is 0 Å². The number of para-hydroxylation sites is 2. The molecule has 1 heteroatoms. The SMILES string of the molecule is c1ccc(-c2ccc3c(c2)-c2cc(-c4cc(N(c5ccccc5)c5ccccc5)ccc4-c4ccccc4)ccc2C3(c2ccccc2)c2ccccc2)cc1. The van der Waals surface area contributed by atoms with Gasteiger partial charge >= 0.3 is 0 Å². The molecule has 0 saturated carbocycles. The van der Waals surface area contributed by atoms with Crippen molar-refractivity contribution >= 4 is 17.1 Å². The van der Waals surface area contributed by atoms with Crippen LogP contribution in [0, 0.1) is 0 Å². The maximum Gasteiger partial charge on any atom is 0.0713 e. The number of nitrogens with zero attached hydrogens (tertiary/aromatic N) is 1. The molecular weight excluding hydrogens is 675 g/mol. The molecule has 9 aromatic carbocycles. The zero-order valence-electron chi connectivity index (χ0n) is 31.0. The summed E-state index contributed by atoms with van der Waals surface area (Å²) in [6.07, 6.45) is 0. The second kappa shape index (κ2) is 14.2. The summed E-state index contributed by atoms with van der Waals surface area (Å²) in [7, 11) is 0. The second-order valence-corrected chi connectivity index (χ2v) is 14.5. The number of hydrogen-bond donors (Lipinski definition) is 0. The smallest absolute Gasteiger partial charge is 0.0713 e. The van der Waals surface area contributed by atoms with E-state index in [-0.39, 0.29) is 0 Å². The molecule has 0 amide bonds. The molecule has 1 aliphatic rings. The van der Waals surface area contributed by atoms with Crippen molar-refractivity contribution in [3.63, 3.8) is 0 Å². The van der Waals surface area contributed by atoms with E-state index in [1.54, 1.807) is 0 Å². The average molecular weight is 714 g/mol. The average Bonchev–Trinajstić information content (AvgIpc) is 3.58. The Bertz CT molecular complexity index is 2680. The lowest BCUT2D eigenvalue weighted by Crippen LogP contribution is -2.28. The maximum atomic E-state index is 2.46. The van der Waals surface area contributed by atoms with Crippen LogP contribution in [0.4, 0.5) is 17.1 Å². The van der Waals surface area contributed by atoms with Crippen molar-refractivity contribution in [1.29, 1.82) is 0 Å². The van der Waals surface area contributed by atoms with Gasteiger partial charge in [-0.1, -0.05) is 188 Å². The Morgan fingerprint density at radius 1 is 0.250 bits per heavy atom. The van der Waals surface area contributed by atoms with Crippen LogP contribution in [0.5, 0.6) is 0 Å². The molecular formula is C55H39N. The van der Waals surface area contributed by atoms with Gasteiger partial charge in [-0.3, -0.25) is 0 Å². The van der Waals surface area contributed by atoms with Gasteiger partial charge in [0.2, 0.25) is 0 Å². The molecule has 10 rings (SSSR count). The van der Waals surface area contributed by atoms with Crippen molar-refractivity contribution in [3.8, 4) is 44.5 Å². The standard InChI is InChI=1S/C55H39N/c1-7-19-40(20-8-1)42-31-35-53-51(37-42)52-38-43(32-36-54(52)55(53,44-23-11-3-12-24-44)45-25-13-4-14-26-45)50-39-48(33-34-49(50)41-21-9-2-10-22-41)56(46-27-15-5-16-28-46)47-29-17-6-18-30-47/h1-39H. The van der Waals surface area contributed by atoms with Crippen LogP contribution in [0.2, 0.25) is 0 Å². The first-order valence-electron chi connectivity index (χ1n) is 19.3. The van der Waals surface area contributed by atoms with Crippen molar-refractivity contribution in [2.45, 2.75) is 5.41 Å². The first-order chi connectivity index (χ1) is 27.8. The lowest BCUT2D eigenvalue weighted by molar-refractivity contribution is 0.768. The van der Waals surface area contributed by atoms with E-state index in [9.17, 15) is 0 Å². The molecule has 0 aromatic heterocycles. The summed E-state index contributed by atoms with van der Waals surface area (Å²) < 4.78 is 0. The fourth-order valence-electron chi connectivity index (χ4n) is 8.86. The summed E-state index contributed by atoms with van der Waals surface area (Å²) >= 11 is 0. The van der Waals surface area contributed by atoms with Crippen LogP contribution in [0.15, 0.2) is 237 Å². The third-order valence-corrected chi connectivity index (χ3v) is 11.3. The molecule has 56 heavy (non-hydrogen) atoms. The van der Waals surface area contributed by atoms with Gasteiger partial charge in [-0.25, -0.2) is 0 Å². The maximum absolute atomic E-state index is 2.46. The fraction of sp³-hybridized carbons (Fsp3) is 0.0182. The number of fused-ring (bicyclic) bond motifs is 3. The first-order valence-corrected chi connectivity index (χ1v) is 19.3. The molecule has 1 nitrogen and oxygen atoms in total. The highest BCUT2D eigenvalue weighted by molar-refractivity contribution is 5.94. The van der Waals surface area contributed by atoms with Crippen LogP contribution in [-0.2, 0) is 5.41 Å². The van der Waals surface area contributed by atoms with Crippen LogP contribution in [0.25, 0.3) is 44.5 Å². The van der Waals surface area contributed by atoms with Gasteiger partial charge in [0.1, 0.15) is 0 Å². The first kappa shape index (κ1) is 33.4. The van der Waals surface area contributed by atoms with E-state index in [0.29, 0.717) is 0 Å². The topological polar surface area (TPSA) is 3.24 Å². The molecule has 0 saturated heterocycles. The van der Waals surface area contributed by atoms with Crippen LogP contribution < -0.4 is 4.90 Å². The van der Waals surface area contributed by atoms with Gasteiger partial charge in [-0.05, 0) is 115 Å². The Hall–Kier alpha value is -7.22. The zero-order chi connectivity index (χ0) is 37.3. The van der Waals surface area contributed by atoms with Crippen molar-refractivity contribution < 1.29 is 0 Å². The van der Waals surface area contributed by atoms with Crippen molar-refractivity contribution in [1.82, 2.24) is 0 Å². The van der Waals surface area contributed by atoms with E-state index >= 15 is 0 Å². The van der Waals surface area contributed by atoms with Crippen molar-refractivity contribution in [2.24, 2.45) is 0 Å². The lowest BCUT2D eigenvalue weighted by Gasteiger charge is -2.34. The molecule has 0 fully saturated rings. The van der Waals surface area contributed by atoms with Crippen LogP contribution in [-0.4, -0.2) is 0 Å². The third-order valence-electron chi connectivity index (χ3n) is 11.3. The summed E-state index contributed by atoms with van der Waals surface area (Å²) in [5.74, 6) is 0. The van der Waals surface area contributed by atoms with Crippen LogP contribution in [0.1, 0.15) is 22.3 Å². The minimum absolute atomic E-state index is 0.484. The van der Waals surface area contributed by atoms with E-state index in [0.717, 1.165) is 17.1 Å². The minimum Gasteiger partial charge on any atom is -0.310 e. The molecule has 0 heterocycles. The van der Waals surface area contributed by atoms with E-state index in [1.807, 2.05) is 0 Å². The molecule has 0 aliphatic heterocycles. The van der Waals surface area contributed by atoms with Crippen LogP contribution >= 0.6 is 0 Å². The minimum atomic E-state index is -0.484. The van der Waals surface area contributed by atoms with Gasteiger partial charge in [0.25, 0.3) is 0 Å². The summed E-state index contributed by atoms with van der Waals surface area (Å²) in [6, 6.07) is 86.2. The summed E-state index contributed by atoms with van der Waals surface area (Å²) in [4.78, 5) is 2.35. The largest absolute Gasteiger partial charge is 0.310 e. The fourth-order valence-corrected chi connectivity index (χ4v) is 8.86. The van der Waals surface area contributed by atoms with E-state index in [1.165, 1.54) is 66.8 Å². The molecule has 0 spiro atoms. The second-order valence-electron chi connectivity index (χ2n) is 14.5. The highest BCUT2D eigenvalue weighted by Crippen LogP contribution is 2.57. The lowest BCUT2D eigenvalue weighted by atomic mass is 9.67. The Kier molecular flexibility index (Phi) is 8.46. The third kappa shape index (κ3) is 5.65. The Morgan fingerprint density at radius 2 is 0.679 bits per heavy atom. The van der Waals surface area contributed by atoms with Crippen LogP contribution in [0.3, 0.4) is 0 Å². The van der Waals surface area contributed by atoms with E-state index in [4.69, 9.17) is 0 Å². The molecule has 264 valence electrons.